The maximum atomic E-state index is 13.0. The number of aromatic nitrogens is 2. The molecule has 1 aromatic carbocycles. The Labute approximate surface area is 229 Å². The lowest BCUT2D eigenvalue weighted by Gasteiger charge is -2.41. The molecule has 4 heterocycles. The summed E-state index contributed by atoms with van der Waals surface area (Å²) in [5.41, 5.74) is 2.87. The zero-order valence-electron chi connectivity index (χ0n) is 22.6. The van der Waals surface area contributed by atoms with Gasteiger partial charge in [-0.05, 0) is 57.8 Å². The lowest BCUT2D eigenvalue weighted by atomic mass is 10.0. The van der Waals surface area contributed by atoms with Gasteiger partial charge < -0.3 is 24.6 Å². The van der Waals surface area contributed by atoms with Crippen LogP contribution in [0.4, 0.5) is 10.6 Å². The Kier molecular flexibility index (Phi) is 7.28. The smallest absolute Gasteiger partial charge is 0.410 e. The molecule has 4 aliphatic rings. The van der Waals surface area contributed by atoms with Gasteiger partial charge in [0.1, 0.15) is 18.0 Å². The zero-order chi connectivity index (χ0) is 26.8. The van der Waals surface area contributed by atoms with E-state index in [0.717, 1.165) is 61.4 Å². The normalized spacial score (nSPS) is 24.1. The van der Waals surface area contributed by atoms with Crippen molar-refractivity contribution >= 4 is 11.9 Å². The van der Waals surface area contributed by atoms with Crippen molar-refractivity contribution in [2.75, 3.05) is 44.7 Å². The first-order chi connectivity index (χ1) is 19.1. The summed E-state index contributed by atoms with van der Waals surface area (Å²) in [6, 6.07) is 12.5. The molecule has 1 aromatic heterocycles. The molecule has 39 heavy (non-hydrogen) atoms. The third kappa shape index (κ3) is 5.38. The second-order valence-electron chi connectivity index (χ2n) is 11.2. The summed E-state index contributed by atoms with van der Waals surface area (Å²) < 4.78 is 12.2. The lowest BCUT2D eigenvalue weighted by Crippen LogP contribution is -2.55. The summed E-state index contributed by atoms with van der Waals surface area (Å²) in [4.78, 5) is 29.2. The summed E-state index contributed by atoms with van der Waals surface area (Å²) in [6.07, 6.45) is 5.09. The Morgan fingerprint density at radius 1 is 1.21 bits per heavy atom. The second kappa shape index (κ2) is 11.0. The van der Waals surface area contributed by atoms with Crippen molar-refractivity contribution in [2.45, 2.75) is 69.4 Å². The molecule has 1 amide bonds. The number of likely N-dealkylation sites (N-methyl/N-ethyl adjacent to an activating group) is 1. The Morgan fingerprint density at radius 2 is 2.05 bits per heavy atom. The predicted molar refractivity (Wildman–Crippen MR) is 145 cm³/mol. The van der Waals surface area contributed by atoms with Crippen molar-refractivity contribution < 1.29 is 14.3 Å². The van der Waals surface area contributed by atoms with Gasteiger partial charge in [-0.15, -0.1) is 0 Å². The Bertz CT molecular complexity index is 1230. The van der Waals surface area contributed by atoms with Crippen molar-refractivity contribution in [1.82, 2.24) is 25.1 Å². The summed E-state index contributed by atoms with van der Waals surface area (Å²) >= 11 is 0. The molecule has 10 nitrogen and oxygen atoms in total. The number of piperazine rings is 1. The number of nitriles is 1. The summed E-state index contributed by atoms with van der Waals surface area (Å²) in [5, 5.41) is 13.0. The highest BCUT2D eigenvalue weighted by Gasteiger charge is 2.55. The van der Waals surface area contributed by atoms with Crippen LogP contribution < -0.4 is 15.0 Å². The zero-order valence-corrected chi connectivity index (χ0v) is 22.6. The molecule has 2 atom stereocenters. The van der Waals surface area contributed by atoms with Gasteiger partial charge in [0.2, 0.25) is 0 Å². The number of carbonyl (C=O) groups excluding carboxylic acids is 1. The number of fused-ring (bicyclic) bond motifs is 1. The average Bonchev–Trinajstić information content (AvgIpc) is 3.60. The van der Waals surface area contributed by atoms with Gasteiger partial charge in [-0.3, -0.25) is 4.90 Å². The Hall–Kier alpha value is -3.42. The van der Waals surface area contributed by atoms with Crippen LogP contribution in [0.3, 0.4) is 0 Å². The first kappa shape index (κ1) is 25.8. The highest BCUT2D eigenvalue weighted by molar-refractivity contribution is 5.69. The van der Waals surface area contributed by atoms with Crippen LogP contribution in [0.15, 0.2) is 30.3 Å². The number of ether oxygens (including phenoxy) is 2. The van der Waals surface area contributed by atoms with E-state index < -0.39 is 0 Å². The molecule has 2 aromatic rings. The molecule has 6 rings (SSSR count). The number of hydrogen-bond acceptors (Lipinski definition) is 9. The van der Waals surface area contributed by atoms with E-state index >= 15 is 0 Å². The molecule has 0 bridgehead atoms. The minimum atomic E-state index is -0.381. The van der Waals surface area contributed by atoms with Gasteiger partial charge in [0.25, 0.3) is 0 Å². The number of nitrogens with one attached hydrogen (secondary N) is 1. The number of carbonyl (C=O) groups is 1. The van der Waals surface area contributed by atoms with Crippen LogP contribution in [0.5, 0.6) is 6.01 Å². The first-order valence-corrected chi connectivity index (χ1v) is 14.2. The van der Waals surface area contributed by atoms with Crippen LogP contribution in [0.1, 0.15) is 48.9 Å². The molecule has 0 radical (unpaired) electrons. The minimum absolute atomic E-state index is 0.191. The van der Waals surface area contributed by atoms with E-state index in [0.29, 0.717) is 38.2 Å². The molecule has 3 fully saturated rings. The summed E-state index contributed by atoms with van der Waals surface area (Å²) in [5.74, 6) is 0.882. The lowest BCUT2D eigenvalue weighted by molar-refractivity contribution is 0.0741. The van der Waals surface area contributed by atoms with Gasteiger partial charge in [-0.2, -0.15) is 15.2 Å². The van der Waals surface area contributed by atoms with Crippen LogP contribution >= 0.6 is 0 Å². The molecule has 206 valence electrons. The van der Waals surface area contributed by atoms with Gasteiger partial charge in [-0.1, -0.05) is 30.3 Å². The van der Waals surface area contributed by atoms with Crippen molar-refractivity contribution in [3.8, 4) is 12.1 Å². The third-order valence-corrected chi connectivity index (χ3v) is 8.61. The molecular weight excluding hydrogens is 494 g/mol. The predicted octanol–water partition coefficient (Wildman–Crippen LogP) is 2.87. The molecule has 1 aliphatic carbocycles. The fourth-order valence-corrected chi connectivity index (χ4v) is 6.38. The van der Waals surface area contributed by atoms with Gasteiger partial charge in [0.05, 0.1) is 24.2 Å². The van der Waals surface area contributed by atoms with Crippen molar-refractivity contribution in [3.05, 3.63) is 47.2 Å². The molecule has 10 heteroatoms. The fourth-order valence-electron chi connectivity index (χ4n) is 6.38. The number of nitrogens with zero attached hydrogens (tertiary/aromatic N) is 6. The van der Waals surface area contributed by atoms with E-state index in [9.17, 15) is 10.1 Å². The SMILES string of the molecule is CN1CCC[C@H]1C1(Oc2nc3c(c(N4CCN(C(=O)OCc5ccccc5)[C@@H](CC#N)C4)n2)CCNC3)CC1. The Balaban J connectivity index is 1.20. The average molecular weight is 532 g/mol. The maximum absolute atomic E-state index is 13.0. The third-order valence-electron chi connectivity index (χ3n) is 8.61. The second-order valence-corrected chi connectivity index (χ2v) is 11.2. The number of anilines is 1. The molecule has 0 spiro atoms. The van der Waals surface area contributed by atoms with Crippen molar-refractivity contribution in [3.63, 3.8) is 0 Å². The number of rotatable bonds is 7. The fraction of sp³-hybridized carbons (Fsp3) is 0.586. The van der Waals surface area contributed by atoms with Crippen LogP contribution in [0.2, 0.25) is 0 Å². The van der Waals surface area contributed by atoms with E-state index in [1.807, 2.05) is 30.3 Å². The molecular formula is C29H37N7O3. The van der Waals surface area contributed by atoms with Gasteiger partial charge in [0.15, 0.2) is 0 Å². The van der Waals surface area contributed by atoms with Gasteiger partial charge >= 0.3 is 12.1 Å². The first-order valence-electron chi connectivity index (χ1n) is 14.2. The highest BCUT2D eigenvalue weighted by Crippen LogP contribution is 2.47. The van der Waals surface area contributed by atoms with Crippen LogP contribution in [0.25, 0.3) is 0 Å². The van der Waals surface area contributed by atoms with Crippen LogP contribution in [-0.4, -0.2) is 83.3 Å². The van der Waals surface area contributed by atoms with E-state index in [2.05, 4.69) is 28.2 Å². The monoisotopic (exact) mass is 531 g/mol. The van der Waals surface area contributed by atoms with Crippen molar-refractivity contribution in [2.24, 2.45) is 0 Å². The summed E-state index contributed by atoms with van der Waals surface area (Å²) in [7, 11) is 2.18. The summed E-state index contributed by atoms with van der Waals surface area (Å²) in [6.45, 7) is 4.46. The van der Waals surface area contributed by atoms with Gasteiger partial charge in [-0.25, -0.2) is 4.79 Å². The quantitative estimate of drug-likeness (QED) is 0.577. The maximum Gasteiger partial charge on any atom is 0.410 e. The topological polar surface area (TPSA) is 107 Å². The van der Waals surface area contributed by atoms with E-state index in [1.54, 1.807) is 4.90 Å². The van der Waals surface area contributed by atoms with Crippen LogP contribution in [0, 0.1) is 11.3 Å². The number of benzene rings is 1. The van der Waals surface area contributed by atoms with Gasteiger partial charge in [0, 0.05) is 37.8 Å². The molecule has 1 N–H and O–H groups in total. The largest absolute Gasteiger partial charge is 0.455 e. The number of likely N-dealkylation sites (tertiary alicyclic amines) is 1. The van der Waals surface area contributed by atoms with E-state index in [-0.39, 0.29) is 30.8 Å². The number of amides is 1. The standard InChI is InChI=1S/C29H37N7O3/c1-34-15-5-8-25(34)29(11-12-29)39-27-32-24-18-31-14-10-23(24)26(33-27)35-16-17-36(22(19-35)9-13-30)28(37)38-20-21-6-3-2-4-7-21/h2-4,6-7,22,25,31H,5,8-12,14-20H2,1H3/t22-,25-/m0/s1. The number of hydrogen-bond donors (Lipinski definition) is 1. The van der Waals surface area contributed by atoms with E-state index in [4.69, 9.17) is 19.4 Å². The highest BCUT2D eigenvalue weighted by atomic mass is 16.6. The van der Waals surface area contributed by atoms with E-state index in [1.165, 1.54) is 6.42 Å². The van der Waals surface area contributed by atoms with Crippen LogP contribution in [-0.2, 0) is 24.3 Å². The Morgan fingerprint density at radius 3 is 2.79 bits per heavy atom. The molecule has 2 saturated heterocycles. The molecule has 3 aliphatic heterocycles. The van der Waals surface area contributed by atoms with Crippen molar-refractivity contribution in [1.29, 1.82) is 5.26 Å². The molecule has 0 unspecified atom stereocenters. The molecule has 1 saturated carbocycles. The minimum Gasteiger partial charge on any atom is -0.455 e.